The molecule has 0 aliphatic carbocycles. The Bertz CT molecular complexity index is 877. The van der Waals surface area contributed by atoms with Gasteiger partial charge in [-0.2, -0.15) is 4.98 Å². The smallest absolute Gasteiger partial charge is 0.249 e. The highest BCUT2D eigenvalue weighted by Gasteiger charge is 2.32. The Morgan fingerprint density at radius 2 is 2.12 bits per heavy atom. The highest BCUT2D eigenvalue weighted by Crippen LogP contribution is 2.32. The maximum atomic E-state index is 13.1. The average Bonchev–Trinajstić information content (AvgIpc) is 3.34. The van der Waals surface area contributed by atoms with Gasteiger partial charge in [0.15, 0.2) is 0 Å². The Labute approximate surface area is 154 Å². The molecule has 3 heterocycles. The van der Waals surface area contributed by atoms with E-state index in [1.807, 2.05) is 22.4 Å². The summed E-state index contributed by atoms with van der Waals surface area (Å²) in [5.41, 5.74) is 0.689. The summed E-state index contributed by atoms with van der Waals surface area (Å²) in [6.45, 7) is 0.698. The molecule has 0 spiro atoms. The van der Waals surface area contributed by atoms with Crippen LogP contribution in [0.5, 0.6) is 0 Å². The molecule has 2 aromatic heterocycles. The number of carbonyl (C=O) groups is 1. The number of benzene rings is 1. The van der Waals surface area contributed by atoms with Gasteiger partial charge in [0.25, 0.3) is 0 Å². The second kappa shape index (κ2) is 7.37. The number of hydrogen-bond donors (Lipinski definition) is 0. The zero-order valence-corrected chi connectivity index (χ0v) is 14.9. The minimum absolute atomic E-state index is 0.0821. The lowest BCUT2D eigenvalue weighted by Crippen LogP contribution is -2.39. The van der Waals surface area contributed by atoms with Crippen molar-refractivity contribution in [2.45, 2.75) is 31.7 Å². The molecular formula is C19H18FN3O2S. The fraction of sp³-hybridized carbons (Fsp3) is 0.316. The van der Waals surface area contributed by atoms with Gasteiger partial charge >= 0.3 is 0 Å². The lowest BCUT2D eigenvalue weighted by molar-refractivity contribution is -0.134. The van der Waals surface area contributed by atoms with Gasteiger partial charge in [0.05, 0.1) is 6.42 Å². The van der Waals surface area contributed by atoms with Crippen LogP contribution < -0.4 is 0 Å². The number of hydrogen-bond acceptors (Lipinski definition) is 5. The zero-order chi connectivity index (χ0) is 17.9. The number of aromatic nitrogens is 2. The van der Waals surface area contributed by atoms with Gasteiger partial charge in [0.2, 0.25) is 17.6 Å². The minimum atomic E-state index is -0.310. The van der Waals surface area contributed by atoms with Gasteiger partial charge in [0.1, 0.15) is 11.9 Å². The summed E-state index contributed by atoms with van der Waals surface area (Å²) in [5.74, 6) is 0.633. The van der Waals surface area contributed by atoms with Crippen LogP contribution in [-0.2, 0) is 11.2 Å². The second-order valence-electron chi connectivity index (χ2n) is 6.32. The Kier molecular flexibility index (Phi) is 4.79. The molecule has 0 bridgehead atoms. The van der Waals surface area contributed by atoms with Crippen molar-refractivity contribution in [1.82, 2.24) is 15.0 Å². The first-order chi connectivity index (χ1) is 12.7. The highest BCUT2D eigenvalue weighted by molar-refractivity contribution is 7.10. The van der Waals surface area contributed by atoms with Gasteiger partial charge in [-0.05, 0) is 55.0 Å². The van der Waals surface area contributed by atoms with E-state index in [0.29, 0.717) is 30.2 Å². The van der Waals surface area contributed by atoms with Crippen LogP contribution in [0, 0.1) is 5.82 Å². The SMILES string of the molecule is O=C(Cc1cccs1)N1CCCCC1c1nc(-c2ccc(F)cc2)no1. The summed E-state index contributed by atoms with van der Waals surface area (Å²) in [5, 5.41) is 5.99. The molecule has 1 aromatic carbocycles. The molecule has 1 unspecified atom stereocenters. The van der Waals surface area contributed by atoms with E-state index in [2.05, 4.69) is 10.1 Å². The number of thiophene rings is 1. The summed E-state index contributed by atoms with van der Waals surface area (Å²) < 4.78 is 18.5. The third-order valence-electron chi connectivity index (χ3n) is 4.56. The molecule has 1 amide bonds. The molecule has 0 radical (unpaired) electrons. The van der Waals surface area contributed by atoms with Crippen LogP contribution in [0.3, 0.4) is 0 Å². The van der Waals surface area contributed by atoms with Crippen molar-refractivity contribution in [2.24, 2.45) is 0 Å². The largest absolute Gasteiger partial charge is 0.337 e. The van der Waals surface area contributed by atoms with E-state index in [1.165, 1.54) is 12.1 Å². The summed E-state index contributed by atoms with van der Waals surface area (Å²) >= 11 is 1.59. The van der Waals surface area contributed by atoms with Crippen molar-refractivity contribution >= 4 is 17.2 Å². The van der Waals surface area contributed by atoms with Crippen molar-refractivity contribution < 1.29 is 13.7 Å². The van der Waals surface area contributed by atoms with E-state index in [4.69, 9.17) is 4.52 Å². The van der Waals surface area contributed by atoms with Crippen molar-refractivity contribution in [3.8, 4) is 11.4 Å². The fourth-order valence-corrected chi connectivity index (χ4v) is 3.93. The quantitative estimate of drug-likeness (QED) is 0.688. The fourth-order valence-electron chi connectivity index (χ4n) is 3.24. The number of amides is 1. The number of likely N-dealkylation sites (tertiary alicyclic amines) is 1. The van der Waals surface area contributed by atoms with Crippen molar-refractivity contribution in [3.05, 3.63) is 58.4 Å². The van der Waals surface area contributed by atoms with E-state index in [0.717, 1.165) is 24.1 Å². The monoisotopic (exact) mass is 371 g/mol. The van der Waals surface area contributed by atoms with E-state index in [-0.39, 0.29) is 17.8 Å². The first kappa shape index (κ1) is 16.9. The first-order valence-corrected chi connectivity index (χ1v) is 9.50. The molecule has 1 atom stereocenters. The Morgan fingerprint density at radius 1 is 1.27 bits per heavy atom. The van der Waals surface area contributed by atoms with Crippen LogP contribution in [0.4, 0.5) is 4.39 Å². The summed E-state index contributed by atoms with van der Waals surface area (Å²) in [7, 11) is 0. The number of carbonyl (C=O) groups excluding carboxylic acids is 1. The third-order valence-corrected chi connectivity index (χ3v) is 5.43. The maximum absolute atomic E-state index is 13.1. The third kappa shape index (κ3) is 3.53. The van der Waals surface area contributed by atoms with Gasteiger partial charge in [-0.3, -0.25) is 4.79 Å². The summed E-state index contributed by atoms with van der Waals surface area (Å²) in [6, 6.07) is 9.69. The molecule has 4 rings (SSSR count). The summed E-state index contributed by atoms with van der Waals surface area (Å²) in [6.07, 6.45) is 3.20. The van der Waals surface area contributed by atoms with E-state index in [1.54, 1.807) is 23.5 Å². The Balaban J connectivity index is 1.54. The standard InChI is InChI=1S/C19H18FN3O2S/c20-14-8-6-13(7-9-14)18-21-19(25-22-18)16-5-1-2-10-23(16)17(24)12-15-4-3-11-26-15/h3-4,6-9,11,16H,1-2,5,10,12H2. The molecule has 5 nitrogen and oxygen atoms in total. The molecule has 0 saturated carbocycles. The molecule has 134 valence electrons. The number of halogens is 1. The Hall–Kier alpha value is -2.54. The van der Waals surface area contributed by atoms with Crippen LogP contribution in [0.25, 0.3) is 11.4 Å². The number of rotatable bonds is 4. The predicted octanol–water partition coefficient (Wildman–Crippen LogP) is 4.23. The van der Waals surface area contributed by atoms with Gasteiger partial charge in [-0.25, -0.2) is 4.39 Å². The lowest BCUT2D eigenvalue weighted by atomic mass is 10.0. The van der Waals surface area contributed by atoms with Gasteiger partial charge < -0.3 is 9.42 Å². The highest BCUT2D eigenvalue weighted by atomic mass is 32.1. The molecular weight excluding hydrogens is 353 g/mol. The Morgan fingerprint density at radius 3 is 2.88 bits per heavy atom. The van der Waals surface area contributed by atoms with Crippen LogP contribution in [-0.4, -0.2) is 27.5 Å². The lowest BCUT2D eigenvalue weighted by Gasteiger charge is -2.33. The maximum Gasteiger partial charge on any atom is 0.249 e. The van der Waals surface area contributed by atoms with Gasteiger partial charge in [-0.15, -0.1) is 11.3 Å². The molecule has 3 aromatic rings. The minimum Gasteiger partial charge on any atom is -0.337 e. The molecule has 1 saturated heterocycles. The molecule has 1 aliphatic heterocycles. The van der Waals surface area contributed by atoms with Crippen molar-refractivity contribution in [1.29, 1.82) is 0 Å². The van der Waals surface area contributed by atoms with Crippen LogP contribution in [0.2, 0.25) is 0 Å². The van der Waals surface area contributed by atoms with Crippen LogP contribution in [0.1, 0.15) is 36.1 Å². The van der Waals surface area contributed by atoms with Gasteiger partial charge in [-0.1, -0.05) is 11.2 Å². The normalized spacial score (nSPS) is 17.4. The zero-order valence-electron chi connectivity index (χ0n) is 14.1. The number of nitrogens with zero attached hydrogens (tertiary/aromatic N) is 3. The second-order valence-corrected chi connectivity index (χ2v) is 7.35. The van der Waals surface area contributed by atoms with E-state index >= 15 is 0 Å². The topological polar surface area (TPSA) is 59.2 Å². The molecule has 0 N–H and O–H groups in total. The molecule has 7 heteroatoms. The van der Waals surface area contributed by atoms with Crippen LogP contribution in [0.15, 0.2) is 46.3 Å². The van der Waals surface area contributed by atoms with E-state index in [9.17, 15) is 9.18 Å². The first-order valence-electron chi connectivity index (χ1n) is 8.62. The van der Waals surface area contributed by atoms with E-state index < -0.39 is 0 Å². The van der Waals surface area contributed by atoms with Crippen LogP contribution >= 0.6 is 11.3 Å². The van der Waals surface area contributed by atoms with Crippen molar-refractivity contribution in [2.75, 3.05) is 6.54 Å². The molecule has 1 aliphatic rings. The number of piperidine rings is 1. The summed E-state index contributed by atoms with van der Waals surface area (Å²) in [4.78, 5) is 20.1. The van der Waals surface area contributed by atoms with Gasteiger partial charge in [0, 0.05) is 17.0 Å². The van der Waals surface area contributed by atoms with Crippen molar-refractivity contribution in [3.63, 3.8) is 0 Å². The average molecular weight is 371 g/mol. The molecule has 26 heavy (non-hydrogen) atoms. The molecule has 1 fully saturated rings. The predicted molar refractivity (Wildman–Crippen MR) is 96.0 cm³/mol.